The molecule has 1 saturated heterocycles. The number of amides is 1. The molecule has 25 heavy (non-hydrogen) atoms. The summed E-state index contributed by atoms with van der Waals surface area (Å²) in [5.74, 6) is 2.19. The molecule has 6 nitrogen and oxygen atoms in total. The number of nitrogens with zero attached hydrogens (tertiary/aromatic N) is 2. The summed E-state index contributed by atoms with van der Waals surface area (Å²) in [7, 11) is -3.53. The lowest BCUT2D eigenvalue weighted by molar-refractivity contribution is -0.129. The Labute approximate surface area is 154 Å². The number of hydrogen-bond acceptors (Lipinski definition) is 5. The van der Waals surface area contributed by atoms with Gasteiger partial charge in [-0.3, -0.25) is 4.79 Å². The Morgan fingerprint density at radius 3 is 2.32 bits per heavy atom. The van der Waals surface area contributed by atoms with E-state index in [1.165, 1.54) is 4.31 Å². The van der Waals surface area contributed by atoms with Crippen molar-refractivity contribution in [3.63, 3.8) is 0 Å². The zero-order valence-electron chi connectivity index (χ0n) is 14.8. The van der Waals surface area contributed by atoms with Crippen LogP contribution in [0.5, 0.6) is 5.75 Å². The third kappa shape index (κ3) is 5.36. The van der Waals surface area contributed by atoms with Crippen molar-refractivity contribution in [3.8, 4) is 5.75 Å². The molecule has 1 aromatic rings. The SMILES string of the molecule is CCCSCC(=O)N1CCN(S(=O)(=O)c2ccc(OCC)cc2)CC1. The summed E-state index contributed by atoms with van der Waals surface area (Å²) in [5.41, 5.74) is 0. The van der Waals surface area contributed by atoms with E-state index in [1.807, 2.05) is 6.92 Å². The zero-order chi connectivity index (χ0) is 18.3. The maximum Gasteiger partial charge on any atom is 0.243 e. The van der Waals surface area contributed by atoms with Gasteiger partial charge in [0.15, 0.2) is 0 Å². The minimum atomic E-state index is -3.53. The first kappa shape index (κ1) is 20.1. The van der Waals surface area contributed by atoms with Crippen LogP contribution < -0.4 is 4.74 Å². The highest BCUT2D eigenvalue weighted by atomic mass is 32.2. The van der Waals surface area contributed by atoms with Crippen LogP contribution in [0.25, 0.3) is 0 Å². The van der Waals surface area contributed by atoms with Crippen molar-refractivity contribution in [2.45, 2.75) is 25.2 Å². The second-order valence-corrected chi connectivity index (χ2v) is 8.78. The molecule has 2 rings (SSSR count). The van der Waals surface area contributed by atoms with Gasteiger partial charge < -0.3 is 9.64 Å². The third-order valence-electron chi connectivity index (χ3n) is 3.94. The van der Waals surface area contributed by atoms with E-state index in [9.17, 15) is 13.2 Å². The van der Waals surface area contributed by atoms with Gasteiger partial charge in [-0.25, -0.2) is 8.42 Å². The van der Waals surface area contributed by atoms with Gasteiger partial charge in [0.05, 0.1) is 17.3 Å². The first-order chi connectivity index (χ1) is 12.0. The number of benzene rings is 1. The Bertz CT molecular complexity index is 654. The summed E-state index contributed by atoms with van der Waals surface area (Å²) in [6, 6.07) is 6.47. The van der Waals surface area contributed by atoms with E-state index < -0.39 is 10.0 Å². The Hall–Kier alpha value is -1.25. The number of piperazine rings is 1. The molecule has 8 heteroatoms. The van der Waals surface area contributed by atoms with Crippen LogP contribution in [-0.2, 0) is 14.8 Å². The molecule has 0 saturated carbocycles. The number of carbonyl (C=O) groups excluding carboxylic acids is 1. The normalized spacial score (nSPS) is 16.0. The number of hydrogen-bond donors (Lipinski definition) is 0. The van der Waals surface area contributed by atoms with Crippen molar-refractivity contribution in [1.29, 1.82) is 0 Å². The molecule has 1 aromatic carbocycles. The minimum Gasteiger partial charge on any atom is -0.494 e. The molecule has 140 valence electrons. The summed E-state index contributed by atoms with van der Waals surface area (Å²) in [6.07, 6.45) is 1.05. The fourth-order valence-corrected chi connectivity index (χ4v) is 4.81. The third-order valence-corrected chi connectivity index (χ3v) is 7.00. The zero-order valence-corrected chi connectivity index (χ0v) is 16.4. The van der Waals surface area contributed by atoms with Crippen molar-refractivity contribution in [2.75, 3.05) is 44.3 Å². The van der Waals surface area contributed by atoms with Crippen molar-refractivity contribution < 1.29 is 17.9 Å². The second-order valence-electron chi connectivity index (χ2n) is 5.74. The van der Waals surface area contributed by atoms with Crippen LogP contribution in [0.3, 0.4) is 0 Å². The molecule has 1 amide bonds. The summed E-state index contributed by atoms with van der Waals surface area (Å²) in [4.78, 5) is 14.1. The molecule has 0 bridgehead atoms. The number of thioether (sulfide) groups is 1. The maximum absolute atomic E-state index is 12.7. The molecule has 1 aliphatic heterocycles. The van der Waals surface area contributed by atoms with Crippen LogP contribution in [0.2, 0.25) is 0 Å². The van der Waals surface area contributed by atoms with Crippen LogP contribution in [0.1, 0.15) is 20.3 Å². The quantitative estimate of drug-likeness (QED) is 0.640. The van der Waals surface area contributed by atoms with Crippen LogP contribution in [0.15, 0.2) is 29.2 Å². The monoisotopic (exact) mass is 386 g/mol. The van der Waals surface area contributed by atoms with E-state index in [1.54, 1.807) is 40.9 Å². The molecule has 0 N–H and O–H groups in total. The van der Waals surface area contributed by atoms with Crippen molar-refractivity contribution in [1.82, 2.24) is 9.21 Å². The van der Waals surface area contributed by atoms with Gasteiger partial charge in [0.1, 0.15) is 5.75 Å². The Morgan fingerprint density at radius 2 is 1.76 bits per heavy atom. The van der Waals surface area contributed by atoms with Crippen LogP contribution in [-0.4, -0.2) is 67.8 Å². The van der Waals surface area contributed by atoms with Gasteiger partial charge >= 0.3 is 0 Å². The van der Waals surface area contributed by atoms with Crippen molar-refractivity contribution >= 4 is 27.7 Å². The summed E-state index contributed by atoms with van der Waals surface area (Å²) >= 11 is 1.63. The van der Waals surface area contributed by atoms with Crippen LogP contribution in [0, 0.1) is 0 Å². The highest BCUT2D eigenvalue weighted by Gasteiger charge is 2.29. The lowest BCUT2D eigenvalue weighted by Gasteiger charge is -2.34. The predicted molar refractivity (Wildman–Crippen MR) is 101 cm³/mol. The van der Waals surface area contributed by atoms with Gasteiger partial charge in [-0.2, -0.15) is 16.1 Å². The first-order valence-corrected chi connectivity index (χ1v) is 11.2. The van der Waals surface area contributed by atoms with E-state index in [2.05, 4.69) is 6.92 Å². The highest BCUT2D eigenvalue weighted by Crippen LogP contribution is 2.21. The highest BCUT2D eigenvalue weighted by molar-refractivity contribution is 7.99. The summed E-state index contributed by atoms with van der Waals surface area (Å²) in [6.45, 7) is 6.07. The van der Waals surface area contributed by atoms with E-state index in [0.29, 0.717) is 44.3 Å². The molecule has 0 aliphatic carbocycles. The van der Waals surface area contributed by atoms with E-state index in [-0.39, 0.29) is 10.8 Å². The van der Waals surface area contributed by atoms with E-state index in [4.69, 9.17) is 4.74 Å². The maximum atomic E-state index is 12.7. The Morgan fingerprint density at radius 1 is 1.12 bits per heavy atom. The molecule has 1 heterocycles. The number of carbonyl (C=O) groups is 1. The molecule has 0 aromatic heterocycles. The molecule has 0 spiro atoms. The average Bonchev–Trinajstić information content (AvgIpc) is 2.63. The molecule has 0 radical (unpaired) electrons. The summed E-state index contributed by atoms with van der Waals surface area (Å²) in [5, 5.41) is 0. The van der Waals surface area contributed by atoms with Gasteiger partial charge in [-0.05, 0) is 43.4 Å². The molecule has 1 fully saturated rings. The van der Waals surface area contributed by atoms with Crippen LogP contribution in [0.4, 0.5) is 0 Å². The van der Waals surface area contributed by atoms with E-state index >= 15 is 0 Å². The Kier molecular flexibility index (Phi) is 7.58. The van der Waals surface area contributed by atoms with E-state index in [0.717, 1.165) is 12.2 Å². The molecular formula is C17H26N2O4S2. The fourth-order valence-electron chi connectivity index (χ4n) is 2.60. The number of sulfonamides is 1. The lowest BCUT2D eigenvalue weighted by Crippen LogP contribution is -2.50. The fraction of sp³-hybridized carbons (Fsp3) is 0.588. The van der Waals surface area contributed by atoms with Gasteiger partial charge in [0, 0.05) is 26.2 Å². The minimum absolute atomic E-state index is 0.0940. The molecule has 1 aliphatic rings. The van der Waals surface area contributed by atoms with Crippen LogP contribution >= 0.6 is 11.8 Å². The van der Waals surface area contributed by atoms with Gasteiger partial charge in [-0.1, -0.05) is 6.92 Å². The van der Waals surface area contributed by atoms with Gasteiger partial charge in [-0.15, -0.1) is 0 Å². The smallest absolute Gasteiger partial charge is 0.243 e. The largest absolute Gasteiger partial charge is 0.494 e. The topological polar surface area (TPSA) is 66.9 Å². The first-order valence-electron chi connectivity index (χ1n) is 8.57. The van der Waals surface area contributed by atoms with Crippen molar-refractivity contribution in [3.05, 3.63) is 24.3 Å². The lowest BCUT2D eigenvalue weighted by atomic mass is 10.3. The number of ether oxygens (including phenoxy) is 1. The summed E-state index contributed by atoms with van der Waals surface area (Å²) < 4.78 is 32.2. The molecule has 0 unspecified atom stereocenters. The second kappa shape index (κ2) is 9.45. The van der Waals surface area contributed by atoms with Gasteiger partial charge in [0.25, 0.3) is 0 Å². The standard InChI is InChI=1S/C17H26N2O4S2/c1-3-13-24-14-17(20)18-9-11-19(12-10-18)25(21,22)16-7-5-15(6-8-16)23-4-2/h5-8H,3-4,9-14H2,1-2H3. The average molecular weight is 387 g/mol. The molecule has 0 atom stereocenters. The van der Waals surface area contributed by atoms with Crippen molar-refractivity contribution in [2.24, 2.45) is 0 Å². The number of rotatable bonds is 8. The predicted octanol–water partition coefficient (Wildman–Crippen LogP) is 2.06. The molecular weight excluding hydrogens is 360 g/mol. The van der Waals surface area contributed by atoms with Gasteiger partial charge in [0.2, 0.25) is 15.9 Å². The Balaban J connectivity index is 1.93.